The van der Waals surface area contributed by atoms with Gasteiger partial charge in [0.1, 0.15) is 11.2 Å². The molecule has 126 valence electrons. The first-order chi connectivity index (χ1) is 12.8. The van der Waals surface area contributed by atoms with Crippen LogP contribution in [0.4, 0.5) is 0 Å². The fraction of sp³-hybridized carbons (Fsp3) is 0.0455. The van der Waals surface area contributed by atoms with Crippen LogP contribution in [0.3, 0.4) is 0 Å². The average Bonchev–Trinajstić information content (AvgIpc) is 3.07. The average molecular weight is 358 g/mol. The topological polar surface area (TPSA) is 50.4 Å². The summed E-state index contributed by atoms with van der Waals surface area (Å²) in [6.45, 7) is -0.184. The van der Waals surface area contributed by atoms with E-state index in [0.29, 0.717) is 21.4 Å². The first-order valence-electron chi connectivity index (χ1n) is 8.34. The molecule has 2 heterocycles. The molecule has 2 aromatic heterocycles. The Balaban J connectivity index is 1.94. The van der Waals surface area contributed by atoms with Crippen LogP contribution in [-0.4, -0.2) is 5.11 Å². The Morgan fingerprint density at radius 2 is 1.58 bits per heavy atom. The maximum Gasteiger partial charge on any atom is 0.196 e. The zero-order valence-electron chi connectivity index (χ0n) is 13.7. The number of hydrogen-bond donors (Lipinski definition) is 1. The van der Waals surface area contributed by atoms with E-state index < -0.39 is 0 Å². The number of para-hydroxylation sites is 2. The second-order valence-corrected chi connectivity index (χ2v) is 7.30. The number of hydrogen-bond acceptors (Lipinski definition) is 4. The molecule has 0 atom stereocenters. The smallest absolute Gasteiger partial charge is 0.196 e. The predicted octanol–water partition coefficient (Wildman–Crippen LogP) is 5.32. The molecule has 3 aromatic carbocycles. The minimum atomic E-state index is -0.184. The quantitative estimate of drug-likeness (QED) is 0.465. The molecule has 0 aliphatic rings. The van der Waals surface area contributed by atoms with E-state index in [4.69, 9.17) is 4.42 Å². The van der Waals surface area contributed by atoms with Gasteiger partial charge in [0, 0.05) is 36.9 Å². The van der Waals surface area contributed by atoms with Gasteiger partial charge < -0.3 is 9.52 Å². The number of furan rings is 1. The summed E-state index contributed by atoms with van der Waals surface area (Å²) < 4.78 is 6.97. The van der Waals surface area contributed by atoms with E-state index in [2.05, 4.69) is 0 Å². The van der Waals surface area contributed by atoms with Crippen molar-refractivity contribution in [1.29, 1.82) is 0 Å². The van der Waals surface area contributed by atoms with Gasteiger partial charge >= 0.3 is 0 Å². The highest BCUT2D eigenvalue weighted by molar-refractivity contribution is 7.18. The number of fused-ring (bicyclic) bond motifs is 4. The third kappa shape index (κ3) is 2.13. The highest BCUT2D eigenvalue weighted by atomic mass is 32.1. The van der Waals surface area contributed by atoms with Gasteiger partial charge in [-0.3, -0.25) is 4.79 Å². The molecule has 1 N–H and O–H groups in total. The zero-order valence-corrected chi connectivity index (χ0v) is 14.5. The first kappa shape index (κ1) is 15.3. The van der Waals surface area contributed by atoms with Gasteiger partial charge in [-0.05, 0) is 18.2 Å². The lowest BCUT2D eigenvalue weighted by molar-refractivity contribution is 0.286. The zero-order chi connectivity index (χ0) is 17.7. The normalized spacial score (nSPS) is 11.6. The summed E-state index contributed by atoms with van der Waals surface area (Å²) in [5, 5.41) is 12.6. The lowest BCUT2D eigenvalue weighted by Crippen LogP contribution is -2.08. The molecule has 0 fully saturated rings. The number of aliphatic hydroxyl groups excluding tert-OH is 1. The molecule has 5 aromatic rings. The molecule has 0 amide bonds. The third-order valence-corrected chi connectivity index (χ3v) is 5.84. The van der Waals surface area contributed by atoms with Gasteiger partial charge in [-0.2, -0.15) is 0 Å². The van der Waals surface area contributed by atoms with E-state index in [1.54, 1.807) is 0 Å². The molecule has 0 aliphatic heterocycles. The Morgan fingerprint density at radius 3 is 2.42 bits per heavy atom. The summed E-state index contributed by atoms with van der Waals surface area (Å²) in [6.07, 6.45) is 0. The van der Waals surface area contributed by atoms with Gasteiger partial charge in [-0.1, -0.05) is 48.5 Å². The fourth-order valence-electron chi connectivity index (χ4n) is 3.52. The van der Waals surface area contributed by atoms with Crippen LogP contribution in [-0.2, 0) is 6.61 Å². The second-order valence-electron chi connectivity index (χ2n) is 6.16. The number of aliphatic hydroxyl groups is 1. The summed E-state index contributed by atoms with van der Waals surface area (Å²) in [7, 11) is 0. The van der Waals surface area contributed by atoms with Crippen LogP contribution < -0.4 is 5.43 Å². The largest absolute Gasteiger partial charge is 0.455 e. The van der Waals surface area contributed by atoms with Crippen molar-refractivity contribution in [3.8, 4) is 11.1 Å². The van der Waals surface area contributed by atoms with Crippen LogP contribution in [0.5, 0.6) is 0 Å². The monoisotopic (exact) mass is 358 g/mol. The van der Waals surface area contributed by atoms with E-state index in [1.165, 1.54) is 11.3 Å². The Labute approximate surface area is 152 Å². The second kappa shape index (κ2) is 5.80. The number of benzene rings is 3. The lowest BCUT2D eigenvalue weighted by Gasteiger charge is -2.09. The van der Waals surface area contributed by atoms with Crippen molar-refractivity contribution in [2.75, 3.05) is 0 Å². The maximum absolute atomic E-state index is 13.2. The van der Waals surface area contributed by atoms with Crippen LogP contribution in [0.2, 0.25) is 0 Å². The summed E-state index contributed by atoms with van der Waals surface area (Å²) in [4.78, 5) is 13.9. The van der Waals surface area contributed by atoms with Crippen molar-refractivity contribution in [2.24, 2.45) is 0 Å². The summed E-state index contributed by atoms with van der Waals surface area (Å²) in [5.41, 5.74) is 2.66. The highest BCUT2D eigenvalue weighted by Crippen LogP contribution is 2.37. The van der Waals surface area contributed by atoms with Gasteiger partial charge in [0.2, 0.25) is 0 Å². The van der Waals surface area contributed by atoms with E-state index in [9.17, 15) is 9.90 Å². The standard InChI is InChI=1S/C22H14O3S/c23-12-19-20(21(24)15-7-2-4-11-18(15)26-19)16-9-5-8-14-13-6-1-3-10-17(13)25-22(14)16/h1-11,23H,12H2. The van der Waals surface area contributed by atoms with Crippen molar-refractivity contribution in [3.63, 3.8) is 0 Å². The van der Waals surface area contributed by atoms with Crippen molar-refractivity contribution in [1.82, 2.24) is 0 Å². The highest BCUT2D eigenvalue weighted by Gasteiger charge is 2.19. The van der Waals surface area contributed by atoms with Crippen LogP contribution >= 0.6 is 11.3 Å². The van der Waals surface area contributed by atoms with E-state index in [-0.39, 0.29) is 12.0 Å². The van der Waals surface area contributed by atoms with Crippen molar-refractivity contribution in [3.05, 3.63) is 81.8 Å². The van der Waals surface area contributed by atoms with Crippen LogP contribution in [0.25, 0.3) is 43.2 Å². The van der Waals surface area contributed by atoms with Crippen molar-refractivity contribution >= 4 is 43.4 Å². The van der Waals surface area contributed by atoms with Crippen LogP contribution in [0.1, 0.15) is 4.88 Å². The van der Waals surface area contributed by atoms with E-state index in [1.807, 2.05) is 66.7 Å². The van der Waals surface area contributed by atoms with Crippen LogP contribution in [0, 0.1) is 0 Å². The Kier molecular flexibility index (Phi) is 3.42. The molecule has 0 saturated carbocycles. The minimum absolute atomic E-state index is 0.0728. The lowest BCUT2D eigenvalue weighted by atomic mass is 10.0. The van der Waals surface area contributed by atoms with Crippen molar-refractivity contribution in [2.45, 2.75) is 6.61 Å². The Bertz CT molecular complexity index is 1340. The molecule has 26 heavy (non-hydrogen) atoms. The minimum Gasteiger partial charge on any atom is -0.455 e. The van der Waals surface area contributed by atoms with E-state index in [0.717, 1.165) is 26.6 Å². The van der Waals surface area contributed by atoms with Gasteiger partial charge in [0.15, 0.2) is 5.43 Å². The van der Waals surface area contributed by atoms with Crippen LogP contribution in [0.15, 0.2) is 75.9 Å². The molecule has 0 saturated heterocycles. The third-order valence-electron chi connectivity index (χ3n) is 4.69. The Hall–Kier alpha value is -2.95. The summed E-state index contributed by atoms with van der Waals surface area (Å²) >= 11 is 1.45. The predicted molar refractivity (Wildman–Crippen MR) is 107 cm³/mol. The Morgan fingerprint density at radius 1 is 0.846 bits per heavy atom. The SMILES string of the molecule is O=c1c(-c2cccc3c2oc2ccccc23)c(CO)sc2ccccc12. The van der Waals surface area contributed by atoms with Gasteiger partial charge in [0.05, 0.1) is 6.61 Å². The van der Waals surface area contributed by atoms with Gasteiger partial charge in [0.25, 0.3) is 0 Å². The summed E-state index contributed by atoms with van der Waals surface area (Å²) in [5.74, 6) is 0. The molecule has 0 aliphatic carbocycles. The molecule has 3 nitrogen and oxygen atoms in total. The number of rotatable bonds is 2. The molecule has 0 unspecified atom stereocenters. The summed E-state index contributed by atoms with van der Waals surface area (Å²) in [6, 6.07) is 21.2. The van der Waals surface area contributed by atoms with E-state index >= 15 is 0 Å². The van der Waals surface area contributed by atoms with Gasteiger partial charge in [-0.15, -0.1) is 11.3 Å². The molecule has 0 spiro atoms. The maximum atomic E-state index is 13.2. The van der Waals surface area contributed by atoms with Crippen molar-refractivity contribution < 1.29 is 9.52 Å². The first-order valence-corrected chi connectivity index (χ1v) is 9.16. The molecule has 5 rings (SSSR count). The van der Waals surface area contributed by atoms with Gasteiger partial charge in [-0.25, -0.2) is 0 Å². The molecule has 0 radical (unpaired) electrons. The molecular formula is C22H14O3S. The molecule has 0 bridgehead atoms. The molecule has 4 heteroatoms. The fourth-order valence-corrected chi connectivity index (χ4v) is 4.57. The molecular weight excluding hydrogens is 344 g/mol.